The second-order valence-electron chi connectivity index (χ2n) is 5.43. The molecule has 7 nitrogen and oxygen atoms in total. The van der Waals surface area contributed by atoms with Crippen molar-refractivity contribution in [2.75, 3.05) is 27.2 Å². The number of thiazole rings is 1. The molecule has 12 heteroatoms. The van der Waals surface area contributed by atoms with Gasteiger partial charge in [-0.2, -0.15) is 13.2 Å². The molecule has 0 radical (unpaired) electrons. The summed E-state index contributed by atoms with van der Waals surface area (Å²) < 4.78 is 42.3. The molecule has 2 heterocycles. The van der Waals surface area contributed by atoms with Crippen LogP contribution in [-0.4, -0.2) is 55.2 Å². The summed E-state index contributed by atoms with van der Waals surface area (Å²) in [5.41, 5.74) is -0.882. The third-order valence-corrected chi connectivity index (χ3v) is 4.59. The fourth-order valence-electron chi connectivity index (χ4n) is 2.41. The number of halogens is 4. The number of aromatic nitrogens is 1. The van der Waals surface area contributed by atoms with Gasteiger partial charge in [-0.25, -0.2) is 9.78 Å². The van der Waals surface area contributed by atoms with E-state index in [1.807, 2.05) is 0 Å². The quantitative estimate of drug-likeness (QED) is 0.374. The number of alkyl halides is 3. The fourth-order valence-corrected chi connectivity index (χ4v) is 3.15. The van der Waals surface area contributed by atoms with Gasteiger partial charge in [0.2, 0.25) is 0 Å². The number of likely N-dealkylation sites (tertiary alicyclic amines) is 1. The number of piperidine rings is 1. The molecule has 0 aromatic carbocycles. The van der Waals surface area contributed by atoms with E-state index in [1.165, 1.54) is 7.11 Å². The lowest BCUT2D eigenvalue weighted by molar-refractivity contribution is -0.140. The average Bonchev–Trinajstić information content (AvgIpc) is 3.08. The largest absolute Gasteiger partial charge is 0.453 e. The molecule has 0 spiro atoms. The molecule has 0 saturated carbocycles. The summed E-state index contributed by atoms with van der Waals surface area (Å²) in [6.45, 7) is 1.30. The highest BCUT2D eigenvalue weighted by molar-refractivity contribution is 14.0. The summed E-state index contributed by atoms with van der Waals surface area (Å²) in [6, 6.07) is 0.120. The highest BCUT2D eigenvalue weighted by atomic mass is 127. The van der Waals surface area contributed by atoms with Gasteiger partial charge in [0, 0.05) is 31.6 Å². The molecule has 1 aliphatic rings. The van der Waals surface area contributed by atoms with Crippen molar-refractivity contribution in [2.45, 2.75) is 31.6 Å². The maximum absolute atomic E-state index is 12.5. The third-order valence-electron chi connectivity index (χ3n) is 3.74. The van der Waals surface area contributed by atoms with Crippen LogP contribution in [0, 0.1) is 0 Å². The summed E-state index contributed by atoms with van der Waals surface area (Å²) in [5, 5.41) is 7.49. The van der Waals surface area contributed by atoms with E-state index in [2.05, 4.69) is 25.3 Å². The number of rotatable bonds is 3. The van der Waals surface area contributed by atoms with Gasteiger partial charge < -0.3 is 20.3 Å². The Morgan fingerprint density at radius 2 is 2.12 bits per heavy atom. The van der Waals surface area contributed by atoms with Crippen molar-refractivity contribution in [3.8, 4) is 0 Å². The molecule has 1 saturated heterocycles. The molecule has 0 bridgehead atoms. The van der Waals surface area contributed by atoms with Gasteiger partial charge in [0.1, 0.15) is 5.01 Å². The number of nitrogens with one attached hydrogen (secondary N) is 2. The number of hydrogen-bond donors (Lipinski definition) is 2. The Morgan fingerprint density at radius 3 is 2.62 bits per heavy atom. The van der Waals surface area contributed by atoms with Crippen molar-refractivity contribution in [2.24, 2.45) is 4.99 Å². The number of methoxy groups -OCH3 is 1. The summed E-state index contributed by atoms with van der Waals surface area (Å²) >= 11 is 0.947. The maximum atomic E-state index is 12.5. The second kappa shape index (κ2) is 10.1. The van der Waals surface area contributed by atoms with Gasteiger partial charge >= 0.3 is 12.3 Å². The third kappa shape index (κ3) is 6.45. The summed E-state index contributed by atoms with van der Waals surface area (Å²) in [6.07, 6.45) is -3.32. The number of aliphatic imine (C=N–C) groups is 1. The van der Waals surface area contributed by atoms with E-state index in [4.69, 9.17) is 0 Å². The summed E-state index contributed by atoms with van der Waals surface area (Å²) in [7, 11) is 2.93. The van der Waals surface area contributed by atoms with Gasteiger partial charge in [0.05, 0.1) is 13.7 Å². The van der Waals surface area contributed by atoms with Gasteiger partial charge in [-0.05, 0) is 12.8 Å². The Balaban J connectivity index is 0.00000338. The molecule has 0 atom stereocenters. The van der Waals surface area contributed by atoms with Crippen molar-refractivity contribution in [1.82, 2.24) is 20.5 Å². The first kappa shape index (κ1) is 22.7. The number of hydrogen-bond acceptors (Lipinski definition) is 5. The van der Waals surface area contributed by atoms with Crippen LogP contribution in [0.25, 0.3) is 0 Å². The van der Waals surface area contributed by atoms with Gasteiger partial charge in [0.15, 0.2) is 11.7 Å². The zero-order valence-corrected chi connectivity index (χ0v) is 17.4. The lowest BCUT2D eigenvalue weighted by atomic mass is 10.1. The average molecular weight is 507 g/mol. The molecule has 1 aromatic rings. The van der Waals surface area contributed by atoms with Crippen LogP contribution in [0.1, 0.15) is 23.5 Å². The molecule has 1 aromatic heterocycles. The van der Waals surface area contributed by atoms with Crippen LogP contribution in [0.5, 0.6) is 0 Å². The van der Waals surface area contributed by atoms with Gasteiger partial charge in [-0.15, -0.1) is 35.3 Å². The number of nitrogens with zero attached hydrogens (tertiary/aromatic N) is 3. The summed E-state index contributed by atoms with van der Waals surface area (Å²) in [5.74, 6) is 0.486. The number of amides is 1. The first-order chi connectivity index (χ1) is 11.8. The first-order valence-electron chi connectivity index (χ1n) is 7.65. The fraction of sp³-hybridized carbons (Fsp3) is 0.643. The van der Waals surface area contributed by atoms with Crippen LogP contribution in [-0.2, 0) is 17.5 Å². The Bertz CT molecular complexity index is 618. The molecule has 148 valence electrons. The van der Waals surface area contributed by atoms with Crippen LogP contribution in [0.3, 0.4) is 0 Å². The Kier molecular flexibility index (Phi) is 8.86. The predicted octanol–water partition coefficient (Wildman–Crippen LogP) is 2.68. The molecule has 1 fully saturated rings. The van der Waals surface area contributed by atoms with Crippen LogP contribution in [0.15, 0.2) is 10.4 Å². The van der Waals surface area contributed by atoms with Crippen LogP contribution >= 0.6 is 35.3 Å². The van der Waals surface area contributed by atoms with Crippen molar-refractivity contribution in [3.63, 3.8) is 0 Å². The SMILES string of the molecule is CN=C(NCc1nc(C(F)(F)F)cs1)NC1CCN(C(=O)OC)CC1.I. The van der Waals surface area contributed by atoms with E-state index in [0.29, 0.717) is 24.1 Å². The van der Waals surface area contributed by atoms with Gasteiger partial charge in [-0.1, -0.05) is 0 Å². The number of carbonyl (C=O) groups is 1. The molecule has 2 rings (SSSR count). The molecular formula is C14H21F3IN5O2S. The molecule has 0 aliphatic carbocycles. The van der Waals surface area contributed by atoms with Crippen LogP contribution in [0.2, 0.25) is 0 Å². The minimum Gasteiger partial charge on any atom is -0.453 e. The standard InChI is InChI=1S/C14H20F3N5O2S.HI/c1-18-12(19-7-11-21-10(8-25-11)14(15,16)17)20-9-3-5-22(6-4-9)13(23)24-2;/h8-9H,3-7H2,1-2H3,(H2,18,19,20);1H. The van der Waals surface area contributed by atoms with E-state index in [9.17, 15) is 18.0 Å². The van der Waals surface area contributed by atoms with Crippen LogP contribution in [0.4, 0.5) is 18.0 Å². The lowest BCUT2D eigenvalue weighted by Crippen LogP contribution is -2.49. The van der Waals surface area contributed by atoms with Crippen molar-refractivity contribution < 1.29 is 22.7 Å². The van der Waals surface area contributed by atoms with Crippen molar-refractivity contribution in [1.29, 1.82) is 0 Å². The molecule has 1 amide bonds. The van der Waals surface area contributed by atoms with E-state index in [1.54, 1.807) is 11.9 Å². The predicted molar refractivity (Wildman–Crippen MR) is 103 cm³/mol. The Labute approximate surface area is 170 Å². The molecule has 0 unspecified atom stereocenters. The zero-order chi connectivity index (χ0) is 18.4. The Hall–Kier alpha value is -1.31. The molecule has 2 N–H and O–H groups in total. The van der Waals surface area contributed by atoms with E-state index in [-0.39, 0.29) is 42.7 Å². The topological polar surface area (TPSA) is 78.9 Å². The highest BCUT2D eigenvalue weighted by Gasteiger charge is 2.33. The zero-order valence-electron chi connectivity index (χ0n) is 14.3. The number of carbonyl (C=O) groups excluding carboxylic acids is 1. The normalized spacial score (nSPS) is 16.0. The summed E-state index contributed by atoms with van der Waals surface area (Å²) in [4.78, 5) is 20.7. The van der Waals surface area contributed by atoms with Gasteiger partial charge in [0.25, 0.3) is 0 Å². The van der Waals surface area contributed by atoms with E-state index < -0.39 is 11.9 Å². The smallest absolute Gasteiger partial charge is 0.434 e. The first-order valence-corrected chi connectivity index (χ1v) is 8.53. The van der Waals surface area contributed by atoms with Crippen LogP contribution < -0.4 is 10.6 Å². The number of ether oxygens (including phenoxy) is 1. The van der Waals surface area contributed by atoms with Crippen molar-refractivity contribution in [3.05, 3.63) is 16.1 Å². The minimum atomic E-state index is -4.43. The van der Waals surface area contributed by atoms with E-state index in [0.717, 1.165) is 29.6 Å². The molecule has 26 heavy (non-hydrogen) atoms. The van der Waals surface area contributed by atoms with Gasteiger partial charge in [-0.3, -0.25) is 4.99 Å². The monoisotopic (exact) mass is 507 g/mol. The highest BCUT2D eigenvalue weighted by Crippen LogP contribution is 2.29. The lowest BCUT2D eigenvalue weighted by Gasteiger charge is -2.32. The number of guanidine groups is 1. The molecular weight excluding hydrogens is 486 g/mol. The second-order valence-corrected chi connectivity index (χ2v) is 6.37. The Morgan fingerprint density at radius 1 is 1.46 bits per heavy atom. The molecule has 1 aliphatic heterocycles. The maximum Gasteiger partial charge on any atom is 0.434 e. The van der Waals surface area contributed by atoms with E-state index >= 15 is 0 Å². The van der Waals surface area contributed by atoms with Crippen molar-refractivity contribution >= 4 is 47.4 Å². The minimum absolute atomic E-state index is 0.